The summed E-state index contributed by atoms with van der Waals surface area (Å²) in [4.78, 5) is 2.39. The molecule has 10 aromatic carbocycles. The van der Waals surface area contributed by atoms with E-state index in [-0.39, 0.29) is 0 Å². The first-order chi connectivity index (χ1) is 31.7. The van der Waals surface area contributed by atoms with Gasteiger partial charge in [0.15, 0.2) is 0 Å². The Morgan fingerprint density at radius 2 is 0.844 bits per heavy atom. The van der Waals surface area contributed by atoms with Gasteiger partial charge in [0.05, 0.1) is 5.41 Å². The van der Waals surface area contributed by atoms with Gasteiger partial charge < -0.3 is 13.7 Å². The summed E-state index contributed by atoms with van der Waals surface area (Å²) in [6, 6.07) is 85.3. The molecule has 0 fully saturated rings. The highest BCUT2D eigenvalue weighted by atomic mass is 16.3. The van der Waals surface area contributed by atoms with Crippen molar-refractivity contribution in [1.82, 2.24) is 0 Å². The minimum absolute atomic E-state index is 0.631. The molecule has 2 aromatic heterocycles. The Morgan fingerprint density at radius 1 is 0.297 bits per heavy atom. The van der Waals surface area contributed by atoms with Gasteiger partial charge in [-0.1, -0.05) is 182 Å². The zero-order chi connectivity index (χ0) is 42.2. The molecule has 1 atom stereocenters. The topological polar surface area (TPSA) is 29.5 Å². The number of para-hydroxylation sites is 3. The fourth-order valence-corrected chi connectivity index (χ4v) is 10.5. The highest BCUT2D eigenvalue weighted by Gasteiger charge is 2.46. The second-order valence-electron chi connectivity index (χ2n) is 16.8. The van der Waals surface area contributed by atoms with Gasteiger partial charge in [0, 0.05) is 44.2 Å². The van der Waals surface area contributed by atoms with Crippen LogP contribution in [-0.4, -0.2) is 0 Å². The lowest BCUT2D eigenvalue weighted by Gasteiger charge is -2.35. The second kappa shape index (κ2) is 14.3. The zero-order valence-corrected chi connectivity index (χ0v) is 34.8. The second-order valence-corrected chi connectivity index (χ2v) is 16.8. The molecule has 0 aliphatic heterocycles. The molecule has 1 aliphatic rings. The number of furan rings is 2. The summed E-state index contributed by atoms with van der Waals surface area (Å²) in [6.45, 7) is 0. The van der Waals surface area contributed by atoms with Crippen LogP contribution >= 0.6 is 0 Å². The average Bonchev–Trinajstić information content (AvgIpc) is 4.03. The lowest BCUT2D eigenvalue weighted by molar-refractivity contribution is 0.665. The van der Waals surface area contributed by atoms with Crippen molar-refractivity contribution in [3.05, 3.63) is 259 Å². The van der Waals surface area contributed by atoms with Crippen molar-refractivity contribution in [1.29, 1.82) is 0 Å². The van der Waals surface area contributed by atoms with Crippen LogP contribution in [-0.2, 0) is 5.41 Å². The number of fused-ring (bicyclic) bond motifs is 9. The summed E-state index contributed by atoms with van der Waals surface area (Å²) >= 11 is 0. The molecule has 0 saturated carbocycles. The number of nitrogens with zero attached hydrogens (tertiary/aromatic N) is 1. The van der Waals surface area contributed by atoms with Crippen LogP contribution in [0.3, 0.4) is 0 Å². The Kier molecular flexibility index (Phi) is 8.13. The van der Waals surface area contributed by atoms with E-state index in [2.05, 4.69) is 223 Å². The largest absolute Gasteiger partial charge is 0.456 e. The third-order valence-electron chi connectivity index (χ3n) is 13.4. The molecule has 0 amide bonds. The number of benzene rings is 10. The van der Waals surface area contributed by atoms with Gasteiger partial charge in [-0.25, -0.2) is 0 Å². The van der Waals surface area contributed by atoms with E-state index in [0.29, 0.717) is 0 Å². The van der Waals surface area contributed by atoms with Gasteiger partial charge >= 0.3 is 0 Å². The van der Waals surface area contributed by atoms with E-state index in [0.717, 1.165) is 77.6 Å². The molecule has 2 heterocycles. The molecule has 0 spiro atoms. The molecular formula is C61H39NO2. The van der Waals surface area contributed by atoms with Crippen molar-refractivity contribution < 1.29 is 8.83 Å². The number of hydrogen-bond donors (Lipinski definition) is 0. The Labute approximate surface area is 370 Å². The van der Waals surface area contributed by atoms with E-state index in [1.54, 1.807) is 0 Å². The first-order valence-electron chi connectivity index (χ1n) is 21.9. The minimum Gasteiger partial charge on any atom is -0.456 e. The predicted octanol–water partition coefficient (Wildman–Crippen LogP) is 16.7. The highest BCUT2D eigenvalue weighted by Crippen LogP contribution is 2.58. The van der Waals surface area contributed by atoms with E-state index in [9.17, 15) is 0 Å². The van der Waals surface area contributed by atoms with Crippen LogP contribution in [0.2, 0.25) is 0 Å². The van der Waals surface area contributed by atoms with Crippen LogP contribution in [0.5, 0.6) is 0 Å². The number of hydrogen-bond acceptors (Lipinski definition) is 3. The Bertz CT molecular complexity index is 3710. The summed E-state index contributed by atoms with van der Waals surface area (Å²) in [5.41, 5.74) is 18.0. The lowest BCUT2D eigenvalue weighted by Crippen LogP contribution is -2.28. The van der Waals surface area contributed by atoms with Crippen LogP contribution in [0.1, 0.15) is 22.3 Å². The quantitative estimate of drug-likeness (QED) is 0.160. The molecule has 1 aliphatic carbocycles. The molecule has 12 aromatic rings. The van der Waals surface area contributed by atoms with Gasteiger partial charge in [-0.05, 0) is 105 Å². The maximum Gasteiger partial charge on any atom is 0.143 e. The monoisotopic (exact) mass is 817 g/mol. The normalized spacial score (nSPS) is 14.3. The van der Waals surface area contributed by atoms with Crippen molar-refractivity contribution in [2.75, 3.05) is 4.90 Å². The molecule has 13 rings (SSSR count). The maximum atomic E-state index is 6.60. The molecule has 0 saturated heterocycles. The smallest absolute Gasteiger partial charge is 0.143 e. The number of rotatable bonds is 7. The molecular weight excluding hydrogens is 779 g/mol. The average molecular weight is 818 g/mol. The molecule has 0 radical (unpaired) electrons. The van der Waals surface area contributed by atoms with Crippen molar-refractivity contribution in [3.63, 3.8) is 0 Å². The van der Waals surface area contributed by atoms with Crippen LogP contribution in [0.15, 0.2) is 245 Å². The van der Waals surface area contributed by atoms with Gasteiger partial charge in [0.1, 0.15) is 22.3 Å². The molecule has 0 bridgehead atoms. The van der Waals surface area contributed by atoms with Gasteiger partial charge in [0.2, 0.25) is 0 Å². The van der Waals surface area contributed by atoms with Crippen LogP contribution in [0, 0.1) is 0 Å². The van der Waals surface area contributed by atoms with E-state index >= 15 is 0 Å². The molecule has 3 nitrogen and oxygen atoms in total. The van der Waals surface area contributed by atoms with E-state index < -0.39 is 5.41 Å². The zero-order valence-electron chi connectivity index (χ0n) is 34.8. The number of anilines is 3. The first-order valence-corrected chi connectivity index (χ1v) is 21.9. The molecule has 300 valence electrons. The third-order valence-corrected chi connectivity index (χ3v) is 13.4. The standard InChI is InChI=1S/C61H39NO2/c1-3-14-40(15-4-1)41-26-31-45(32-27-41)62(46-33-28-42(29-34-46)48-21-13-22-54-52-20-9-12-25-58(52)64-60(48)54)47-35-37-50-49-18-7-10-23-55(49)61(56(50)39-47,43-16-5-2-6-17-43)44-30-36-53-51-19-8-11-24-57(51)63-59(53)38-44/h1-39H. The first kappa shape index (κ1) is 36.3. The Morgan fingerprint density at radius 3 is 1.61 bits per heavy atom. The van der Waals surface area contributed by atoms with Crippen molar-refractivity contribution in [2.45, 2.75) is 5.41 Å². The van der Waals surface area contributed by atoms with Crippen LogP contribution < -0.4 is 4.90 Å². The lowest BCUT2D eigenvalue weighted by atomic mass is 9.67. The summed E-state index contributed by atoms with van der Waals surface area (Å²) in [7, 11) is 0. The van der Waals surface area contributed by atoms with E-state index in [4.69, 9.17) is 8.83 Å². The van der Waals surface area contributed by atoms with Crippen LogP contribution in [0.25, 0.3) is 77.3 Å². The molecule has 3 heteroatoms. The minimum atomic E-state index is -0.631. The van der Waals surface area contributed by atoms with E-state index in [1.807, 2.05) is 18.2 Å². The summed E-state index contributed by atoms with van der Waals surface area (Å²) in [5, 5.41) is 4.50. The Balaban J connectivity index is 1.01. The summed E-state index contributed by atoms with van der Waals surface area (Å²) in [5.74, 6) is 0. The van der Waals surface area contributed by atoms with Gasteiger partial charge in [-0.3, -0.25) is 0 Å². The fraction of sp³-hybridized carbons (Fsp3) is 0.0164. The SMILES string of the molecule is c1ccc(-c2ccc(N(c3ccc(-c4cccc5c4oc4ccccc45)cc3)c3ccc4c(c3)C(c3ccccc3)(c3ccc5c(c3)oc3ccccc35)c3ccccc3-4)cc2)cc1. The maximum absolute atomic E-state index is 6.60. The van der Waals surface area contributed by atoms with Crippen molar-refractivity contribution in [3.8, 4) is 33.4 Å². The van der Waals surface area contributed by atoms with E-state index in [1.165, 1.54) is 38.9 Å². The van der Waals surface area contributed by atoms with Gasteiger partial charge in [0.25, 0.3) is 0 Å². The highest BCUT2D eigenvalue weighted by molar-refractivity contribution is 6.10. The Hall–Kier alpha value is -8.40. The van der Waals surface area contributed by atoms with Crippen molar-refractivity contribution >= 4 is 60.9 Å². The van der Waals surface area contributed by atoms with Gasteiger partial charge in [-0.2, -0.15) is 0 Å². The summed E-state index contributed by atoms with van der Waals surface area (Å²) in [6.07, 6.45) is 0. The van der Waals surface area contributed by atoms with Crippen LogP contribution in [0.4, 0.5) is 17.1 Å². The van der Waals surface area contributed by atoms with Crippen molar-refractivity contribution in [2.24, 2.45) is 0 Å². The fourth-order valence-electron chi connectivity index (χ4n) is 10.5. The molecule has 1 unspecified atom stereocenters. The third kappa shape index (κ3) is 5.47. The van der Waals surface area contributed by atoms with Gasteiger partial charge in [-0.15, -0.1) is 0 Å². The predicted molar refractivity (Wildman–Crippen MR) is 264 cm³/mol. The summed E-state index contributed by atoms with van der Waals surface area (Å²) < 4.78 is 13.1. The molecule has 0 N–H and O–H groups in total. The molecule has 64 heavy (non-hydrogen) atoms.